The van der Waals surface area contributed by atoms with Crippen LogP contribution in [0.3, 0.4) is 0 Å². The number of carbonyl (C=O) groups is 2. The second-order valence-corrected chi connectivity index (χ2v) is 25.9. The van der Waals surface area contributed by atoms with Crippen LogP contribution in [0, 0.1) is 11.6 Å². The molecule has 7 aliphatic rings. The van der Waals surface area contributed by atoms with E-state index in [0.29, 0.717) is 143 Å². The number of methoxy groups -OCH3 is 1. The fraction of sp³-hybridized carbons (Fsp3) is 0.375. The number of aromatic hydroxyl groups is 2. The number of anilines is 3. The van der Waals surface area contributed by atoms with E-state index in [-0.39, 0.29) is 78.8 Å². The first kappa shape index (κ1) is 60.8. The third kappa shape index (κ3) is 10.7. The van der Waals surface area contributed by atoms with Gasteiger partial charge in [-0.3, -0.25) is 24.1 Å². The van der Waals surface area contributed by atoms with E-state index in [1.807, 2.05) is 79.3 Å². The van der Waals surface area contributed by atoms with Crippen molar-refractivity contribution in [1.82, 2.24) is 39.5 Å². The monoisotopic (exact) mass is 1280 g/mol. The quantitative estimate of drug-likeness (QED) is 0.0922. The first-order valence-corrected chi connectivity index (χ1v) is 32.4. The largest absolute Gasteiger partial charge is 0.508 e. The molecule has 484 valence electrons. The Bertz CT molecular complexity index is 4480. The first-order chi connectivity index (χ1) is 45.6. The van der Waals surface area contributed by atoms with Crippen LogP contribution in [-0.2, 0) is 45.4 Å². The van der Waals surface area contributed by atoms with Gasteiger partial charge in [-0.1, -0.05) is 68.4 Å². The van der Waals surface area contributed by atoms with E-state index in [1.54, 1.807) is 36.3 Å². The molecular weight excluding hydrogens is 1210 g/mol. The number of halogens is 4. The minimum Gasteiger partial charge on any atom is -0.508 e. The molecule has 0 radical (unpaired) electrons. The highest BCUT2D eigenvalue weighted by Gasteiger charge is 2.51. The molecule has 2 N–H and O–H groups in total. The lowest BCUT2D eigenvalue weighted by Gasteiger charge is -2.31. The average molecular weight is 1280 g/mol. The first-order valence-electron chi connectivity index (χ1n) is 32.4. The van der Waals surface area contributed by atoms with Crippen molar-refractivity contribution < 1.29 is 51.6 Å². The van der Waals surface area contributed by atoms with Crippen molar-refractivity contribution >= 4 is 50.6 Å². The molecule has 0 spiro atoms. The number of amides is 2. The molecule has 0 saturated carbocycles. The van der Waals surface area contributed by atoms with Gasteiger partial charge in [-0.2, -0.15) is 25.0 Å². The number of hydrogen-bond donors (Lipinski definition) is 2. The van der Waals surface area contributed by atoms with Crippen molar-refractivity contribution in [1.29, 1.82) is 0 Å². The van der Waals surface area contributed by atoms with Crippen molar-refractivity contribution in [2.45, 2.75) is 121 Å². The van der Waals surface area contributed by atoms with Crippen LogP contribution in [0.4, 0.5) is 34.8 Å². The maximum atomic E-state index is 15.2. The van der Waals surface area contributed by atoms with Gasteiger partial charge in [0.05, 0.1) is 78.0 Å². The van der Waals surface area contributed by atoms with Crippen LogP contribution >= 0.6 is 0 Å². The van der Waals surface area contributed by atoms with Gasteiger partial charge in [0.1, 0.15) is 65.8 Å². The van der Waals surface area contributed by atoms with E-state index >= 15 is 4.39 Å². The maximum absolute atomic E-state index is 15.2. The summed E-state index contributed by atoms with van der Waals surface area (Å²) in [4.78, 5) is 57.3. The van der Waals surface area contributed by atoms with Crippen LogP contribution in [0.2, 0.25) is 0 Å². The number of nitrogens with zero attached hydrogens (tertiary/aromatic N) is 11. The number of ether oxygens (including phenoxy) is 3. The SMILES string of the molecule is CCc1c(F)ccc2cc(O)cc(N3Cc4nc(OCC56CCCN5CC(F)C6)nc(-c5ccccc5)c4C3=O)c12.CCc1c(F)ccc2cc(O)cc(N3Cc4nc(OCC56CCCN5CC(F)C6)nc(N5CCc6c(cnn6Cc6ccc(OC)cc6)C5)c4C3=O)c12. The minimum absolute atomic E-state index is 0.0218. The molecule has 18 nitrogen and oxygen atoms in total. The molecule has 6 aromatic carbocycles. The molecule has 0 aliphatic carbocycles. The van der Waals surface area contributed by atoms with E-state index in [4.69, 9.17) is 34.3 Å². The summed E-state index contributed by atoms with van der Waals surface area (Å²) in [5.41, 5.74) is 7.11. The summed E-state index contributed by atoms with van der Waals surface area (Å²) in [5, 5.41) is 28.5. The highest BCUT2D eigenvalue weighted by Crippen LogP contribution is 2.46. The van der Waals surface area contributed by atoms with Crippen LogP contribution in [0.1, 0.15) is 112 Å². The van der Waals surface area contributed by atoms with Crippen LogP contribution < -0.4 is 28.9 Å². The van der Waals surface area contributed by atoms with Gasteiger partial charge in [-0.05, 0) is 115 Å². The van der Waals surface area contributed by atoms with E-state index in [1.165, 1.54) is 29.2 Å². The van der Waals surface area contributed by atoms with Gasteiger partial charge in [0.25, 0.3) is 11.8 Å². The normalized spacial score (nSPS) is 21.4. The van der Waals surface area contributed by atoms with Crippen molar-refractivity contribution in [2.75, 3.05) is 67.7 Å². The fourth-order valence-corrected chi connectivity index (χ4v) is 15.9. The number of rotatable bonds is 15. The van der Waals surface area contributed by atoms with Gasteiger partial charge >= 0.3 is 12.0 Å². The number of phenolic OH excluding ortho intramolecular Hbond substituents is 2. The van der Waals surface area contributed by atoms with Crippen molar-refractivity contribution in [3.63, 3.8) is 0 Å². The Hall–Kier alpha value is -9.41. The third-order valence-electron chi connectivity index (χ3n) is 20.3. The third-order valence-corrected chi connectivity index (χ3v) is 20.3. The molecule has 16 rings (SSSR count). The van der Waals surface area contributed by atoms with Gasteiger partial charge < -0.3 is 39.1 Å². The molecule has 9 aromatic rings. The number of fused-ring (bicyclic) bond motifs is 7. The standard InChI is InChI=1S/C40H41F2N7O4.C32H30F2N4O3/c1-3-30-31(42)10-7-25-15-28(50)16-34(35(25)30)48-22-32-36(38(48)51)37(45-39(44-32)53-23-40-12-4-13-47(40)21-27(41)17-40)46-14-11-33-26(20-46)18-43-49(33)19-24-5-8-29(52-2)9-6-24;1-2-23-24(34)10-9-20-13-22(39)14-26(27(20)23)38-17-25-28(30(38)40)29(19-7-4-3-5-8-19)36-31(35-25)41-18-32-11-6-12-37(32)16-21(33)15-32/h5-10,15-16,18,27,50H,3-4,11-14,17,19-23H2,1-2H3;3-5,7-10,13-14,21,39H,2,6,11-12,15-18H2,1H3. The number of aryl methyl sites for hydroxylation is 2. The highest BCUT2D eigenvalue weighted by atomic mass is 19.1. The summed E-state index contributed by atoms with van der Waals surface area (Å²) in [7, 11) is 1.65. The Balaban J connectivity index is 0.000000160. The van der Waals surface area contributed by atoms with Crippen LogP contribution in [0.15, 0.2) is 109 Å². The predicted octanol–water partition coefficient (Wildman–Crippen LogP) is 11.8. The Morgan fingerprint density at radius 3 is 1.76 bits per heavy atom. The molecule has 22 heteroatoms. The van der Waals surface area contributed by atoms with Crippen molar-refractivity contribution in [3.05, 3.63) is 171 Å². The number of benzene rings is 6. The zero-order chi connectivity index (χ0) is 64.7. The number of hydrogen-bond acceptors (Lipinski definition) is 15. The number of aromatic nitrogens is 6. The number of carbonyl (C=O) groups excluding carboxylic acids is 2. The van der Waals surface area contributed by atoms with Gasteiger partial charge in [0.2, 0.25) is 0 Å². The molecule has 3 aromatic heterocycles. The molecule has 4 atom stereocenters. The summed E-state index contributed by atoms with van der Waals surface area (Å²) < 4.78 is 78.9. The van der Waals surface area contributed by atoms with Crippen molar-refractivity contribution in [3.8, 4) is 40.5 Å². The van der Waals surface area contributed by atoms with Crippen LogP contribution in [0.25, 0.3) is 32.8 Å². The van der Waals surface area contributed by atoms with Crippen LogP contribution in [0.5, 0.6) is 29.3 Å². The van der Waals surface area contributed by atoms with Crippen LogP contribution in [-0.4, -0.2) is 138 Å². The summed E-state index contributed by atoms with van der Waals surface area (Å²) in [6, 6.07) is 29.8. The Morgan fingerprint density at radius 1 is 0.638 bits per heavy atom. The zero-order valence-corrected chi connectivity index (χ0v) is 52.6. The predicted molar refractivity (Wildman–Crippen MR) is 347 cm³/mol. The molecule has 10 heterocycles. The van der Waals surface area contributed by atoms with E-state index in [2.05, 4.69) is 19.7 Å². The molecular formula is C72H71F4N11O7. The summed E-state index contributed by atoms with van der Waals surface area (Å²) in [6.07, 6.45) is 6.11. The lowest BCUT2D eigenvalue weighted by atomic mass is 9.95. The number of alkyl halides is 2. The molecule has 0 bridgehead atoms. The van der Waals surface area contributed by atoms with Gasteiger partial charge in [0, 0.05) is 85.2 Å². The number of phenols is 2. The second kappa shape index (κ2) is 24.2. The highest BCUT2D eigenvalue weighted by molar-refractivity contribution is 6.18. The Morgan fingerprint density at radius 2 is 1.19 bits per heavy atom. The Kier molecular flexibility index (Phi) is 15.6. The molecule has 4 fully saturated rings. The summed E-state index contributed by atoms with van der Waals surface area (Å²) in [5.74, 6) is -0.201. The molecule has 2 amide bonds. The van der Waals surface area contributed by atoms with Gasteiger partial charge in [0.15, 0.2) is 0 Å². The van der Waals surface area contributed by atoms with E-state index in [0.717, 1.165) is 66.9 Å². The van der Waals surface area contributed by atoms with E-state index < -0.39 is 17.9 Å². The molecule has 4 unspecified atom stereocenters. The molecule has 4 saturated heterocycles. The van der Waals surface area contributed by atoms with Gasteiger partial charge in [-0.15, -0.1) is 0 Å². The lowest BCUT2D eigenvalue weighted by molar-refractivity contribution is 0.0988. The average Bonchev–Trinajstić information content (AvgIpc) is 1.50. The smallest absolute Gasteiger partial charge is 0.318 e. The van der Waals surface area contributed by atoms with Crippen molar-refractivity contribution in [2.24, 2.45) is 0 Å². The van der Waals surface area contributed by atoms with E-state index in [9.17, 15) is 33.0 Å². The summed E-state index contributed by atoms with van der Waals surface area (Å²) in [6.45, 7) is 8.61. The Labute approximate surface area is 540 Å². The molecule has 94 heavy (non-hydrogen) atoms. The second-order valence-electron chi connectivity index (χ2n) is 25.9. The topological polar surface area (TPSA) is 188 Å². The lowest BCUT2D eigenvalue weighted by Crippen LogP contribution is -2.43. The minimum atomic E-state index is -0.898. The zero-order valence-electron chi connectivity index (χ0n) is 52.6. The maximum Gasteiger partial charge on any atom is 0.318 e. The summed E-state index contributed by atoms with van der Waals surface area (Å²) >= 11 is 0. The fourth-order valence-electron chi connectivity index (χ4n) is 15.9. The molecule has 7 aliphatic heterocycles. The van der Waals surface area contributed by atoms with Gasteiger partial charge in [-0.25, -0.2) is 17.6 Å².